The smallest absolute Gasteiger partial charge is 0.336 e. The Morgan fingerprint density at radius 3 is 2.34 bits per heavy atom. The van der Waals surface area contributed by atoms with E-state index < -0.39 is 5.97 Å². The van der Waals surface area contributed by atoms with Crippen molar-refractivity contribution in [3.05, 3.63) is 47.5 Å². The van der Waals surface area contributed by atoms with Crippen molar-refractivity contribution in [3.8, 4) is 16.9 Å². The molecule has 2 N–H and O–H groups in total. The van der Waals surface area contributed by atoms with Gasteiger partial charge in [-0.05, 0) is 87.5 Å². The molecule has 1 saturated carbocycles. The van der Waals surface area contributed by atoms with E-state index in [1.807, 2.05) is 38.2 Å². The van der Waals surface area contributed by atoms with E-state index in [1.54, 1.807) is 13.2 Å². The Kier molecular flexibility index (Phi) is 8.53. The van der Waals surface area contributed by atoms with E-state index in [-0.39, 0.29) is 0 Å². The summed E-state index contributed by atoms with van der Waals surface area (Å²) in [4.78, 5) is 14.5. The largest absolute Gasteiger partial charge is 0.491 e. The average Bonchev–Trinajstić information content (AvgIpc) is 2.81. The van der Waals surface area contributed by atoms with E-state index in [0.717, 1.165) is 60.4 Å². The van der Waals surface area contributed by atoms with Crippen LogP contribution in [0.4, 0.5) is 5.69 Å². The van der Waals surface area contributed by atoms with Gasteiger partial charge in [0.25, 0.3) is 0 Å². The summed E-state index contributed by atoms with van der Waals surface area (Å²) in [5.41, 5.74) is 4.10. The molecule has 6 nitrogen and oxygen atoms in total. The van der Waals surface area contributed by atoms with E-state index >= 15 is 0 Å². The number of aromatic carboxylic acids is 1. The van der Waals surface area contributed by atoms with Crippen LogP contribution in [0.1, 0.15) is 48.5 Å². The van der Waals surface area contributed by atoms with Gasteiger partial charge in [0.15, 0.2) is 0 Å². The van der Waals surface area contributed by atoms with Crippen LogP contribution in [-0.2, 0) is 4.74 Å². The molecule has 1 aliphatic carbocycles. The van der Waals surface area contributed by atoms with E-state index in [0.29, 0.717) is 30.9 Å². The van der Waals surface area contributed by atoms with E-state index in [4.69, 9.17) is 9.47 Å². The van der Waals surface area contributed by atoms with Crippen LogP contribution in [0, 0.1) is 6.92 Å². The van der Waals surface area contributed by atoms with Crippen molar-refractivity contribution >= 4 is 11.7 Å². The van der Waals surface area contributed by atoms with Crippen LogP contribution in [0.5, 0.6) is 5.75 Å². The van der Waals surface area contributed by atoms with Gasteiger partial charge < -0.3 is 24.8 Å². The molecule has 0 radical (unpaired) electrons. The third-order valence-electron chi connectivity index (χ3n) is 6.55. The summed E-state index contributed by atoms with van der Waals surface area (Å²) in [7, 11) is 3.68. The maximum absolute atomic E-state index is 12.1. The fourth-order valence-corrected chi connectivity index (χ4v) is 4.67. The highest BCUT2D eigenvalue weighted by Gasteiger charge is 2.27. The van der Waals surface area contributed by atoms with Gasteiger partial charge >= 0.3 is 5.97 Å². The first-order chi connectivity index (χ1) is 15.5. The van der Waals surface area contributed by atoms with Gasteiger partial charge in [0.2, 0.25) is 0 Å². The Morgan fingerprint density at radius 1 is 1.09 bits per heavy atom. The maximum atomic E-state index is 12.1. The highest BCUT2D eigenvalue weighted by atomic mass is 16.5. The number of nitrogens with zero attached hydrogens (tertiary/aromatic N) is 1. The lowest BCUT2D eigenvalue weighted by Crippen LogP contribution is -2.42. The molecular weight excluding hydrogens is 404 g/mol. The fraction of sp³-hybridized carbons (Fsp3) is 0.500. The molecule has 32 heavy (non-hydrogen) atoms. The quantitative estimate of drug-likeness (QED) is 0.520. The molecule has 0 saturated heterocycles. The molecule has 0 unspecified atom stereocenters. The molecule has 2 aromatic carbocycles. The molecule has 0 atom stereocenters. The molecule has 0 aliphatic heterocycles. The second-order valence-corrected chi connectivity index (χ2v) is 8.42. The Morgan fingerprint density at radius 2 is 1.78 bits per heavy atom. The van der Waals surface area contributed by atoms with Gasteiger partial charge in [-0.15, -0.1) is 0 Å². The lowest BCUT2D eigenvalue weighted by Gasteiger charge is -2.39. The predicted octanol–water partition coefficient (Wildman–Crippen LogP) is 4.74. The number of hydrogen-bond acceptors (Lipinski definition) is 5. The average molecular weight is 441 g/mol. The fourth-order valence-electron chi connectivity index (χ4n) is 4.67. The van der Waals surface area contributed by atoms with E-state index in [9.17, 15) is 9.90 Å². The number of carbonyl (C=O) groups is 1. The van der Waals surface area contributed by atoms with Crippen molar-refractivity contribution in [3.63, 3.8) is 0 Å². The Labute approximate surface area is 191 Å². The van der Waals surface area contributed by atoms with Crippen molar-refractivity contribution in [2.45, 2.75) is 51.6 Å². The van der Waals surface area contributed by atoms with Gasteiger partial charge in [-0.25, -0.2) is 4.79 Å². The van der Waals surface area contributed by atoms with E-state index in [1.165, 1.54) is 0 Å². The minimum Gasteiger partial charge on any atom is -0.491 e. The Balaban J connectivity index is 1.92. The number of ether oxygens (including phenoxy) is 2. The lowest BCUT2D eigenvalue weighted by molar-refractivity contribution is 0.0696. The van der Waals surface area contributed by atoms with Crippen molar-refractivity contribution in [1.29, 1.82) is 0 Å². The number of carboxylic acid groups (broad SMARTS) is 1. The number of rotatable bonds is 10. The zero-order valence-electron chi connectivity index (χ0n) is 19.7. The number of hydrogen-bond donors (Lipinski definition) is 2. The molecule has 6 heteroatoms. The lowest BCUT2D eigenvalue weighted by atomic mass is 9.89. The predicted molar refractivity (Wildman–Crippen MR) is 129 cm³/mol. The Hall–Kier alpha value is -2.57. The number of anilines is 1. The second-order valence-electron chi connectivity index (χ2n) is 8.42. The van der Waals surface area contributed by atoms with Crippen molar-refractivity contribution in [1.82, 2.24) is 5.32 Å². The second kappa shape index (κ2) is 11.3. The molecule has 0 bridgehead atoms. The van der Waals surface area contributed by atoms with Gasteiger partial charge in [-0.3, -0.25) is 0 Å². The van der Waals surface area contributed by atoms with Crippen LogP contribution in [0.3, 0.4) is 0 Å². The molecular formula is C26H36N2O4. The third kappa shape index (κ3) is 5.61. The first kappa shape index (κ1) is 24.1. The van der Waals surface area contributed by atoms with Gasteiger partial charge in [-0.2, -0.15) is 0 Å². The molecule has 1 fully saturated rings. The van der Waals surface area contributed by atoms with Crippen LogP contribution < -0.4 is 15.0 Å². The van der Waals surface area contributed by atoms with Crippen molar-refractivity contribution in [2.75, 3.05) is 38.8 Å². The summed E-state index contributed by atoms with van der Waals surface area (Å²) in [5, 5.41) is 13.3. The highest BCUT2D eigenvalue weighted by Crippen LogP contribution is 2.35. The van der Waals surface area contributed by atoms with Gasteiger partial charge in [0, 0.05) is 31.4 Å². The maximum Gasteiger partial charge on any atom is 0.336 e. The minimum absolute atomic E-state index is 0.361. The summed E-state index contributed by atoms with van der Waals surface area (Å²) in [6, 6.07) is 12.7. The molecule has 2 aromatic rings. The molecule has 0 amide bonds. The van der Waals surface area contributed by atoms with Crippen LogP contribution in [-0.4, -0.2) is 57.1 Å². The summed E-state index contributed by atoms with van der Waals surface area (Å²) < 4.78 is 10.7. The van der Waals surface area contributed by atoms with Crippen molar-refractivity contribution < 1.29 is 19.4 Å². The molecule has 0 spiro atoms. The third-order valence-corrected chi connectivity index (χ3v) is 6.55. The van der Waals surface area contributed by atoms with Gasteiger partial charge in [0.05, 0.1) is 12.2 Å². The molecule has 1 aliphatic rings. The molecule has 174 valence electrons. The zero-order chi connectivity index (χ0) is 23.1. The molecule has 3 rings (SSSR count). The molecule has 0 heterocycles. The normalized spacial score (nSPS) is 18.4. The number of methoxy groups -OCH3 is 1. The van der Waals surface area contributed by atoms with Crippen LogP contribution in [0.15, 0.2) is 36.4 Å². The van der Waals surface area contributed by atoms with Crippen molar-refractivity contribution in [2.24, 2.45) is 0 Å². The standard InChI is InChI=1S/C26H36N2O4/c1-5-28(22-10-8-21(27-3)9-11-22)25-17-20(16-24(18(25)2)26(29)30)19-6-12-23(13-7-19)32-15-14-31-4/h6-7,12-13,16-17,21-22,27H,5,8-11,14-15H2,1-4H3,(H,29,30). The highest BCUT2D eigenvalue weighted by molar-refractivity contribution is 5.94. The van der Waals surface area contributed by atoms with Gasteiger partial charge in [0.1, 0.15) is 12.4 Å². The zero-order valence-corrected chi connectivity index (χ0v) is 19.7. The Bertz CT molecular complexity index is 889. The number of nitrogens with one attached hydrogen (secondary N) is 1. The van der Waals surface area contributed by atoms with Crippen LogP contribution >= 0.6 is 0 Å². The first-order valence-corrected chi connectivity index (χ1v) is 11.5. The summed E-state index contributed by atoms with van der Waals surface area (Å²) >= 11 is 0. The van der Waals surface area contributed by atoms with E-state index in [2.05, 4.69) is 23.2 Å². The first-order valence-electron chi connectivity index (χ1n) is 11.5. The monoisotopic (exact) mass is 440 g/mol. The van der Waals surface area contributed by atoms with Crippen LogP contribution in [0.25, 0.3) is 11.1 Å². The summed E-state index contributed by atoms with van der Waals surface area (Å²) in [5.74, 6) is -0.117. The summed E-state index contributed by atoms with van der Waals surface area (Å²) in [6.07, 6.45) is 4.51. The van der Waals surface area contributed by atoms with Crippen LogP contribution in [0.2, 0.25) is 0 Å². The summed E-state index contributed by atoms with van der Waals surface area (Å²) in [6.45, 7) is 5.97. The molecule has 0 aromatic heterocycles. The number of carboxylic acids is 1. The number of benzene rings is 2. The van der Waals surface area contributed by atoms with Gasteiger partial charge in [-0.1, -0.05) is 12.1 Å². The minimum atomic E-state index is -0.889. The topological polar surface area (TPSA) is 71.0 Å². The SMILES string of the molecule is CCN(c1cc(-c2ccc(OCCOC)cc2)cc(C(=O)O)c1C)C1CCC(NC)CC1.